The standard InChI is InChI=1S/C19H14N2O2SSe/c22-21(23)16-13-11-15(12-14-16)20-19(24-17-7-3-1-4-8-17)25-18-9-5-2-6-10-18/h1-14H. The third-order valence-electron chi connectivity index (χ3n) is 3.18. The van der Waals surface area contributed by atoms with E-state index in [-0.39, 0.29) is 20.6 Å². The Bertz CT molecular complexity index is 825. The summed E-state index contributed by atoms with van der Waals surface area (Å²) in [6, 6.07) is 26.7. The average Bonchev–Trinajstić information content (AvgIpc) is 2.64. The van der Waals surface area contributed by atoms with Crippen molar-refractivity contribution >= 4 is 46.5 Å². The Morgan fingerprint density at radius 1 is 0.880 bits per heavy atom. The summed E-state index contributed by atoms with van der Waals surface area (Å²) in [4.78, 5) is 16.2. The first-order valence-electron chi connectivity index (χ1n) is 7.50. The van der Waals surface area contributed by atoms with Gasteiger partial charge in [0.15, 0.2) is 0 Å². The van der Waals surface area contributed by atoms with Crippen LogP contribution in [0.3, 0.4) is 0 Å². The average molecular weight is 413 g/mol. The zero-order chi connectivity index (χ0) is 17.5. The molecule has 124 valence electrons. The van der Waals surface area contributed by atoms with Gasteiger partial charge in [-0.1, -0.05) is 0 Å². The molecule has 0 radical (unpaired) electrons. The Morgan fingerprint density at radius 2 is 1.48 bits per heavy atom. The van der Waals surface area contributed by atoms with Crippen molar-refractivity contribution in [3.8, 4) is 0 Å². The second kappa shape index (κ2) is 8.62. The van der Waals surface area contributed by atoms with Crippen LogP contribution >= 0.6 is 11.8 Å². The van der Waals surface area contributed by atoms with Gasteiger partial charge in [-0.2, -0.15) is 0 Å². The first-order valence-corrected chi connectivity index (χ1v) is 10.0. The van der Waals surface area contributed by atoms with Gasteiger partial charge in [0.05, 0.1) is 0 Å². The summed E-state index contributed by atoms with van der Waals surface area (Å²) in [6.45, 7) is 0. The van der Waals surface area contributed by atoms with Crippen LogP contribution in [0.2, 0.25) is 0 Å². The second-order valence-electron chi connectivity index (χ2n) is 4.98. The molecule has 0 atom stereocenters. The molecule has 0 aliphatic heterocycles. The molecule has 25 heavy (non-hydrogen) atoms. The van der Waals surface area contributed by atoms with Crippen molar-refractivity contribution in [3.05, 3.63) is 95.0 Å². The molecule has 0 aliphatic carbocycles. The normalized spacial score (nSPS) is 11.3. The Morgan fingerprint density at radius 3 is 2.08 bits per heavy atom. The number of aliphatic imine (C=N–C) groups is 1. The molecule has 3 aromatic rings. The summed E-state index contributed by atoms with van der Waals surface area (Å²) in [5, 5.41) is 10.8. The second-order valence-corrected chi connectivity index (χ2v) is 8.86. The number of nitro groups is 1. The number of hydrogen-bond acceptors (Lipinski definition) is 4. The van der Waals surface area contributed by atoms with Gasteiger partial charge in [-0.05, 0) is 0 Å². The molecule has 0 amide bonds. The molecule has 3 rings (SSSR count). The Balaban J connectivity index is 1.87. The van der Waals surface area contributed by atoms with E-state index in [1.54, 1.807) is 23.9 Å². The molecule has 6 heteroatoms. The molecule has 0 N–H and O–H groups in total. The van der Waals surface area contributed by atoms with E-state index in [1.807, 2.05) is 36.4 Å². The summed E-state index contributed by atoms with van der Waals surface area (Å²) in [5.74, 6) is 0. The summed E-state index contributed by atoms with van der Waals surface area (Å²) >= 11 is 1.69. The quantitative estimate of drug-likeness (QED) is 0.156. The maximum atomic E-state index is 10.8. The van der Waals surface area contributed by atoms with Gasteiger partial charge in [0.1, 0.15) is 0 Å². The molecule has 3 aromatic carbocycles. The summed E-state index contributed by atoms with van der Waals surface area (Å²) in [5.41, 5.74) is 0.798. The fourth-order valence-corrected chi connectivity index (χ4v) is 5.41. The number of non-ortho nitro benzene ring substituents is 1. The van der Waals surface area contributed by atoms with Gasteiger partial charge in [-0.15, -0.1) is 0 Å². The minimum absolute atomic E-state index is 0.0591. The van der Waals surface area contributed by atoms with Gasteiger partial charge in [0, 0.05) is 0 Å². The van der Waals surface area contributed by atoms with Crippen molar-refractivity contribution in [3.63, 3.8) is 0 Å². The van der Waals surface area contributed by atoms with Gasteiger partial charge in [0.25, 0.3) is 0 Å². The van der Waals surface area contributed by atoms with E-state index in [4.69, 9.17) is 4.99 Å². The van der Waals surface area contributed by atoms with E-state index in [2.05, 4.69) is 24.3 Å². The molecule has 4 nitrogen and oxygen atoms in total. The van der Waals surface area contributed by atoms with E-state index in [0.717, 1.165) is 14.5 Å². The molecule has 0 saturated carbocycles. The minimum atomic E-state index is -0.402. The molecule has 0 unspecified atom stereocenters. The molecule has 0 bridgehead atoms. The summed E-state index contributed by atoms with van der Waals surface area (Å²) in [7, 11) is 0. The van der Waals surface area contributed by atoms with Crippen LogP contribution in [-0.2, 0) is 0 Å². The Labute approximate surface area is 156 Å². The van der Waals surface area contributed by atoms with Gasteiger partial charge >= 0.3 is 156 Å². The van der Waals surface area contributed by atoms with Gasteiger partial charge < -0.3 is 0 Å². The number of benzene rings is 3. The molecule has 0 aliphatic rings. The van der Waals surface area contributed by atoms with Crippen molar-refractivity contribution in [2.24, 2.45) is 4.99 Å². The van der Waals surface area contributed by atoms with E-state index in [9.17, 15) is 10.1 Å². The molecular formula is C19H14N2O2SSe. The van der Waals surface area contributed by atoms with Crippen LogP contribution in [0.25, 0.3) is 0 Å². The molecule has 0 fully saturated rings. The van der Waals surface area contributed by atoms with Crippen LogP contribution in [0.15, 0.2) is 94.8 Å². The fourth-order valence-electron chi connectivity index (χ4n) is 2.00. The van der Waals surface area contributed by atoms with Gasteiger partial charge in [0.2, 0.25) is 0 Å². The number of nitro benzene ring substituents is 1. The molecular weight excluding hydrogens is 399 g/mol. The number of rotatable bonds is 5. The van der Waals surface area contributed by atoms with Crippen LogP contribution in [0, 0.1) is 10.1 Å². The van der Waals surface area contributed by atoms with Crippen molar-refractivity contribution < 1.29 is 4.92 Å². The fraction of sp³-hybridized carbons (Fsp3) is 0. The van der Waals surface area contributed by atoms with Crippen molar-refractivity contribution in [2.75, 3.05) is 0 Å². The van der Waals surface area contributed by atoms with E-state index >= 15 is 0 Å². The van der Waals surface area contributed by atoms with Crippen LogP contribution in [-0.4, -0.2) is 23.8 Å². The monoisotopic (exact) mass is 414 g/mol. The Kier molecular flexibility index (Phi) is 6.01. The van der Waals surface area contributed by atoms with Crippen molar-refractivity contribution in [1.29, 1.82) is 0 Å². The zero-order valence-electron chi connectivity index (χ0n) is 13.1. The number of hydrogen-bond donors (Lipinski definition) is 0. The van der Waals surface area contributed by atoms with Crippen molar-refractivity contribution in [1.82, 2.24) is 0 Å². The first-order chi connectivity index (χ1) is 12.2. The molecule has 0 saturated heterocycles. The summed E-state index contributed by atoms with van der Waals surface area (Å²) < 4.78 is 2.23. The number of nitrogens with zero attached hydrogens (tertiary/aromatic N) is 2. The maximum absolute atomic E-state index is 10.8. The zero-order valence-corrected chi connectivity index (χ0v) is 15.6. The van der Waals surface area contributed by atoms with Crippen LogP contribution in [0.4, 0.5) is 11.4 Å². The summed E-state index contributed by atoms with van der Waals surface area (Å²) in [6.07, 6.45) is 0. The third kappa shape index (κ3) is 5.29. The predicted molar refractivity (Wildman–Crippen MR) is 104 cm³/mol. The predicted octanol–water partition coefficient (Wildman–Crippen LogP) is 4.40. The Hall–Kier alpha value is -2.40. The van der Waals surface area contributed by atoms with Gasteiger partial charge in [-0.25, -0.2) is 0 Å². The van der Waals surface area contributed by atoms with E-state index in [0.29, 0.717) is 0 Å². The third-order valence-corrected chi connectivity index (χ3v) is 6.53. The van der Waals surface area contributed by atoms with Gasteiger partial charge in [-0.3, -0.25) is 0 Å². The van der Waals surface area contributed by atoms with Crippen molar-refractivity contribution in [2.45, 2.75) is 4.90 Å². The molecule has 0 heterocycles. The number of thioether (sulfide) groups is 1. The topological polar surface area (TPSA) is 55.5 Å². The molecule has 0 spiro atoms. The SMILES string of the molecule is O=[N+]([O-])c1ccc(N=C(Sc2ccccc2)[Se]c2ccccc2)cc1. The van der Waals surface area contributed by atoms with Crippen LogP contribution in [0.5, 0.6) is 0 Å². The first kappa shape index (κ1) is 17.4. The van der Waals surface area contributed by atoms with E-state index in [1.165, 1.54) is 16.6 Å². The van der Waals surface area contributed by atoms with E-state index < -0.39 is 4.92 Å². The van der Waals surface area contributed by atoms with Crippen LogP contribution in [0.1, 0.15) is 0 Å². The van der Waals surface area contributed by atoms with Crippen LogP contribution < -0.4 is 4.46 Å². The molecule has 0 aromatic heterocycles.